The summed E-state index contributed by atoms with van der Waals surface area (Å²) in [6.45, 7) is 25.5. The van der Waals surface area contributed by atoms with Crippen molar-refractivity contribution >= 4 is 11.9 Å². The smallest absolute Gasteiger partial charge is 0.343 e. The van der Waals surface area contributed by atoms with E-state index in [4.69, 9.17) is 18.9 Å². The Morgan fingerprint density at radius 1 is 0.500 bits per heavy atom. The van der Waals surface area contributed by atoms with Gasteiger partial charge in [-0.3, -0.25) is 0 Å². The maximum atomic E-state index is 12.0. The number of esters is 2. The van der Waals surface area contributed by atoms with Gasteiger partial charge in [0, 0.05) is 22.3 Å². The maximum absolute atomic E-state index is 12.0. The molecule has 0 spiro atoms. The average molecular weight is 555 g/mol. The van der Waals surface area contributed by atoms with Crippen LogP contribution in [-0.4, -0.2) is 39.4 Å². The maximum Gasteiger partial charge on any atom is 0.343 e. The third-order valence-corrected chi connectivity index (χ3v) is 6.87. The van der Waals surface area contributed by atoms with Crippen molar-refractivity contribution in [2.75, 3.05) is 27.4 Å². The van der Waals surface area contributed by atoms with Gasteiger partial charge in [-0.15, -0.1) is 0 Å². The Hall–Kier alpha value is -3.02. The van der Waals surface area contributed by atoms with Crippen LogP contribution in [0.1, 0.15) is 105 Å². The molecular weight excluding hydrogens is 504 g/mol. The molecule has 6 heteroatoms. The highest BCUT2D eigenvalue weighted by Gasteiger charge is 2.32. The molecule has 6 nitrogen and oxygen atoms in total. The number of benzene rings is 2. The topological polar surface area (TPSA) is 71.1 Å². The highest BCUT2D eigenvalue weighted by molar-refractivity contribution is 5.75. The standard InChI is InChI=1S/C34H50O6/c1-31(2,3)23-15-21(16-24(32(4,5)6)29(23)39-19-27(35)37-13)22-17-25(33(7,8)9)30(40-20-28(36)38-14)26(18-22)34(10,11)12/h15-18H,19-20H2,1-14H3. The van der Waals surface area contributed by atoms with Crippen LogP contribution >= 0.6 is 0 Å². The van der Waals surface area contributed by atoms with Crippen LogP contribution in [0.5, 0.6) is 11.5 Å². The average Bonchev–Trinajstić information content (AvgIpc) is 2.82. The first-order valence-electron chi connectivity index (χ1n) is 13.9. The Kier molecular flexibility index (Phi) is 9.82. The minimum absolute atomic E-state index is 0.156. The summed E-state index contributed by atoms with van der Waals surface area (Å²) in [5.74, 6) is 0.602. The number of ether oxygens (including phenoxy) is 4. The Morgan fingerprint density at radius 3 is 0.900 bits per heavy atom. The molecule has 0 aliphatic carbocycles. The molecule has 0 aliphatic rings. The van der Waals surface area contributed by atoms with E-state index in [0.29, 0.717) is 0 Å². The highest BCUT2D eigenvalue weighted by Crippen LogP contribution is 2.46. The molecular formula is C34H50O6. The predicted molar refractivity (Wildman–Crippen MR) is 162 cm³/mol. The Labute approximate surface area is 241 Å². The van der Waals surface area contributed by atoms with Crippen LogP contribution in [0.25, 0.3) is 11.1 Å². The lowest BCUT2D eigenvalue weighted by atomic mass is 9.75. The van der Waals surface area contributed by atoms with E-state index in [1.165, 1.54) is 14.2 Å². The Bertz CT molecular complexity index is 1060. The van der Waals surface area contributed by atoms with E-state index in [1.807, 2.05) is 0 Å². The lowest BCUT2D eigenvalue weighted by Crippen LogP contribution is -2.23. The fraction of sp³-hybridized carbons (Fsp3) is 0.588. The van der Waals surface area contributed by atoms with Gasteiger partial charge in [-0.25, -0.2) is 9.59 Å². The lowest BCUT2D eigenvalue weighted by Gasteiger charge is -2.32. The van der Waals surface area contributed by atoms with E-state index in [2.05, 4.69) is 107 Å². The minimum atomic E-state index is -0.420. The van der Waals surface area contributed by atoms with Gasteiger partial charge in [0.05, 0.1) is 14.2 Å². The third-order valence-electron chi connectivity index (χ3n) is 6.87. The second kappa shape index (κ2) is 11.8. The number of carbonyl (C=O) groups excluding carboxylic acids is 2. The van der Waals surface area contributed by atoms with E-state index in [-0.39, 0.29) is 34.9 Å². The van der Waals surface area contributed by atoms with Gasteiger partial charge in [0.15, 0.2) is 13.2 Å². The van der Waals surface area contributed by atoms with Crippen LogP contribution in [0, 0.1) is 0 Å². The van der Waals surface area contributed by atoms with Crippen molar-refractivity contribution in [3.63, 3.8) is 0 Å². The first-order chi connectivity index (χ1) is 18.1. The summed E-state index contributed by atoms with van der Waals surface area (Å²) in [6, 6.07) is 8.69. The van der Waals surface area contributed by atoms with E-state index in [9.17, 15) is 9.59 Å². The first kappa shape index (κ1) is 33.2. The monoisotopic (exact) mass is 554 g/mol. The molecule has 0 N–H and O–H groups in total. The number of methoxy groups -OCH3 is 2. The van der Waals surface area contributed by atoms with Gasteiger partial charge in [0.2, 0.25) is 0 Å². The molecule has 0 radical (unpaired) electrons. The molecule has 0 saturated heterocycles. The van der Waals surface area contributed by atoms with Crippen molar-refractivity contribution in [1.82, 2.24) is 0 Å². The second-order valence-corrected chi connectivity index (χ2v) is 14.5. The van der Waals surface area contributed by atoms with Gasteiger partial charge in [-0.1, -0.05) is 83.1 Å². The Morgan fingerprint density at radius 2 is 0.725 bits per heavy atom. The van der Waals surface area contributed by atoms with Crippen molar-refractivity contribution in [3.05, 3.63) is 46.5 Å². The molecule has 0 aliphatic heterocycles. The van der Waals surface area contributed by atoms with E-state index in [0.717, 1.165) is 44.9 Å². The van der Waals surface area contributed by atoms with E-state index < -0.39 is 11.9 Å². The van der Waals surface area contributed by atoms with Crippen molar-refractivity contribution < 1.29 is 28.5 Å². The quantitative estimate of drug-likeness (QED) is 0.328. The molecule has 2 rings (SSSR count). The number of hydrogen-bond acceptors (Lipinski definition) is 6. The van der Waals surface area contributed by atoms with E-state index >= 15 is 0 Å². The van der Waals surface area contributed by atoms with E-state index in [1.54, 1.807) is 0 Å². The molecule has 0 fully saturated rings. The third kappa shape index (κ3) is 8.02. The number of hydrogen-bond donors (Lipinski definition) is 0. The number of carbonyl (C=O) groups is 2. The molecule has 40 heavy (non-hydrogen) atoms. The highest BCUT2D eigenvalue weighted by atomic mass is 16.6. The van der Waals surface area contributed by atoms with Crippen molar-refractivity contribution in [2.24, 2.45) is 0 Å². The largest absolute Gasteiger partial charge is 0.481 e. The normalized spacial score (nSPS) is 12.7. The predicted octanol–water partition coefficient (Wildman–Crippen LogP) is 7.65. The second-order valence-electron chi connectivity index (χ2n) is 14.5. The zero-order chi connectivity index (χ0) is 30.8. The first-order valence-corrected chi connectivity index (χ1v) is 13.9. The van der Waals surface area contributed by atoms with Crippen LogP contribution in [0.3, 0.4) is 0 Å². The SMILES string of the molecule is COC(=O)COc1c(C(C)(C)C)cc(-c2cc(C(C)(C)C)c(OCC(=O)OC)c(C(C)(C)C)c2)cc1C(C)(C)C. The molecule has 0 atom stereocenters. The van der Waals surface area contributed by atoms with Gasteiger partial charge in [0.1, 0.15) is 11.5 Å². The van der Waals surface area contributed by atoms with Crippen molar-refractivity contribution in [3.8, 4) is 22.6 Å². The molecule has 0 amide bonds. The van der Waals surface area contributed by atoms with Gasteiger partial charge < -0.3 is 18.9 Å². The molecule has 0 aromatic heterocycles. The van der Waals surface area contributed by atoms with Crippen LogP contribution in [0.15, 0.2) is 24.3 Å². The molecule has 0 unspecified atom stereocenters. The Balaban J connectivity index is 2.97. The van der Waals surface area contributed by atoms with Crippen LogP contribution in [0.2, 0.25) is 0 Å². The summed E-state index contributed by atoms with van der Waals surface area (Å²) >= 11 is 0. The zero-order valence-corrected chi connectivity index (χ0v) is 27.2. The van der Waals surface area contributed by atoms with Gasteiger partial charge in [-0.05, 0) is 57.1 Å². The summed E-state index contributed by atoms with van der Waals surface area (Å²) in [4.78, 5) is 24.0. The zero-order valence-electron chi connectivity index (χ0n) is 27.2. The summed E-state index contributed by atoms with van der Waals surface area (Å²) in [5, 5.41) is 0. The van der Waals surface area contributed by atoms with Gasteiger partial charge in [-0.2, -0.15) is 0 Å². The lowest BCUT2D eigenvalue weighted by molar-refractivity contribution is -0.143. The number of rotatable bonds is 7. The van der Waals surface area contributed by atoms with Crippen LogP contribution in [-0.2, 0) is 40.7 Å². The molecule has 0 heterocycles. The fourth-order valence-corrected chi connectivity index (χ4v) is 4.51. The molecule has 2 aromatic rings. The molecule has 0 bridgehead atoms. The van der Waals surface area contributed by atoms with Crippen LogP contribution in [0.4, 0.5) is 0 Å². The van der Waals surface area contributed by atoms with Crippen LogP contribution < -0.4 is 9.47 Å². The molecule has 2 aromatic carbocycles. The van der Waals surface area contributed by atoms with Crippen molar-refractivity contribution in [1.29, 1.82) is 0 Å². The summed E-state index contributed by atoms with van der Waals surface area (Å²) in [7, 11) is 2.73. The summed E-state index contributed by atoms with van der Waals surface area (Å²) in [5.41, 5.74) is 5.12. The molecule has 0 saturated carbocycles. The fourth-order valence-electron chi connectivity index (χ4n) is 4.51. The van der Waals surface area contributed by atoms with Gasteiger partial charge >= 0.3 is 11.9 Å². The molecule has 222 valence electrons. The van der Waals surface area contributed by atoms with Gasteiger partial charge in [0.25, 0.3) is 0 Å². The summed E-state index contributed by atoms with van der Waals surface area (Å²) < 4.78 is 22.0. The van der Waals surface area contributed by atoms with Crippen molar-refractivity contribution in [2.45, 2.75) is 105 Å². The minimum Gasteiger partial charge on any atom is -0.481 e. The summed E-state index contributed by atoms with van der Waals surface area (Å²) in [6.07, 6.45) is 0.